The lowest BCUT2D eigenvalue weighted by Gasteiger charge is -2.02. The first kappa shape index (κ1) is 13.8. The van der Waals surface area contributed by atoms with Crippen molar-refractivity contribution in [1.82, 2.24) is 15.0 Å². The molecule has 2 aromatic heterocycles. The number of aromatic nitrogens is 3. The number of nitrogens with one attached hydrogen (secondary N) is 2. The minimum Gasteiger partial charge on any atom is -0.361 e. The number of anilines is 2. The normalized spacial score (nSPS) is 9.82. The highest BCUT2D eigenvalue weighted by atomic mass is 15.1. The van der Waals surface area contributed by atoms with E-state index in [-0.39, 0.29) is 0 Å². The smallest absolute Gasteiger partial charge is 0.227 e. The van der Waals surface area contributed by atoms with Gasteiger partial charge in [0.15, 0.2) is 0 Å². The fraction of sp³-hybridized carbons (Fsp3) is 0. The van der Waals surface area contributed by atoms with Gasteiger partial charge in [0.2, 0.25) is 5.95 Å². The third-order valence-electron chi connectivity index (χ3n) is 3.06. The molecule has 0 fully saturated rings. The van der Waals surface area contributed by atoms with Crippen LogP contribution in [0.2, 0.25) is 0 Å². The molecule has 0 saturated heterocycles. The van der Waals surface area contributed by atoms with E-state index >= 15 is 0 Å². The number of hydrogen-bond donors (Lipinski definition) is 2. The average Bonchev–Trinajstić information content (AvgIpc) is 3.06. The zero-order chi connectivity index (χ0) is 15.0. The molecule has 0 aliphatic rings. The van der Waals surface area contributed by atoms with Crippen molar-refractivity contribution in [2.45, 2.75) is 0 Å². The molecule has 108 valence electrons. The molecule has 0 saturated carbocycles. The first-order valence-electron chi connectivity index (χ1n) is 7.03. The first-order chi connectivity index (χ1) is 10.9. The minimum absolute atomic E-state index is 0.619. The van der Waals surface area contributed by atoms with Crippen LogP contribution in [0.4, 0.5) is 11.6 Å². The van der Waals surface area contributed by atoms with E-state index in [2.05, 4.69) is 38.5 Å². The molecule has 4 rings (SSSR count). The lowest BCUT2D eigenvalue weighted by Crippen LogP contribution is -1.94. The number of fused-ring (bicyclic) bond motifs is 1. The lowest BCUT2D eigenvalue weighted by molar-refractivity contribution is 1.17. The fourth-order valence-corrected chi connectivity index (χ4v) is 2.01. The predicted molar refractivity (Wildman–Crippen MR) is 90.1 cm³/mol. The molecule has 2 aromatic carbocycles. The van der Waals surface area contributed by atoms with E-state index in [1.54, 1.807) is 18.5 Å². The van der Waals surface area contributed by atoms with Gasteiger partial charge in [-0.25, -0.2) is 9.97 Å². The van der Waals surface area contributed by atoms with Gasteiger partial charge >= 0.3 is 0 Å². The summed E-state index contributed by atoms with van der Waals surface area (Å²) in [7, 11) is 0. The van der Waals surface area contributed by atoms with E-state index in [1.807, 2.05) is 48.7 Å². The Morgan fingerprint density at radius 2 is 1.45 bits per heavy atom. The van der Waals surface area contributed by atoms with Gasteiger partial charge in [-0.15, -0.1) is 0 Å². The molecule has 0 aliphatic carbocycles. The molecule has 0 unspecified atom stereocenters. The van der Waals surface area contributed by atoms with Crippen LogP contribution < -0.4 is 5.32 Å². The molecule has 4 aromatic rings. The SMILES string of the molecule is c1ccc(Nc2ncccn2)cc1.c1ccc2[nH]ccc2c1. The van der Waals surface area contributed by atoms with Crippen molar-refractivity contribution in [3.8, 4) is 0 Å². The third kappa shape index (κ3) is 3.70. The Morgan fingerprint density at radius 1 is 0.727 bits per heavy atom. The molecule has 2 N–H and O–H groups in total. The fourth-order valence-electron chi connectivity index (χ4n) is 2.01. The van der Waals surface area contributed by atoms with Crippen molar-refractivity contribution in [2.24, 2.45) is 0 Å². The Balaban J connectivity index is 0.000000139. The van der Waals surface area contributed by atoms with Crippen molar-refractivity contribution in [2.75, 3.05) is 5.32 Å². The molecule has 0 radical (unpaired) electrons. The van der Waals surface area contributed by atoms with E-state index < -0.39 is 0 Å². The summed E-state index contributed by atoms with van der Waals surface area (Å²) >= 11 is 0. The Kier molecular flexibility index (Phi) is 4.42. The van der Waals surface area contributed by atoms with Crippen molar-refractivity contribution in [1.29, 1.82) is 0 Å². The van der Waals surface area contributed by atoms with Crippen LogP contribution in [-0.4, -0.2) is 15.0 Å². The summed E-state index contributed by atoms with van der Waals surface area (Å²) < 4.78 is 0. The second-order valence-electron chi connectivity index (χ2n) is 4.63. The van der Waals surface area contributed by atoms with Crippen LogP contribution in [0.25, 0.3) is 10.9 Å². The number of H-pyrrole nitrogens is 1. The van der Waals surface area contributed by atoms with Crippen LogP contribution in [-0.2, 0) is 0 Å². The van der Waals surface area contributed by atoms with Gasteiger partial charge in [-0.05, 0) is 35.7 Å². The van der Waals surface area contributed by atoms with Crippen LogP contribution in [0.15, 0.2) is 85.3 Å². The van der Waals surface area contributed by atoms with E-state index in [0.29, 0.717) is 5.95 Å². The average molecular weight is 288 g/mol. The number of rotatable bonds is 2. The monoisotopic (exact) mass is 288 g/mol. The molecule has 22 heavy (non-hydrogen) atoms. The summed E-state index contributed by atoms with van der Waals surface area (Å²) in [5, 5.41) is 4.36. The summed E-state index contributed by atoms with van der Waals surface area (Å²) in [6.45, 7) is 0. The van der Waals surface area contributed by atoms with Gasteiger partial charge in [0.25, 0.3) is 0 Å². The van der Waals surface area contributed by atoms with Crippen LogP contribution >= 0.6 is 0 Å². The number of benzene rings is 2. The molecule has 0 atom stereocenters. The lowest BCUT2D eigenvalue weighted by atomic mass is 10.3. The molecule has 0 bridgehead atoms. The third-order valence-corrected chi connectivity index (χ3v) is 3.06. The molecular weight excluding hydrogens is 272 g/mol. The van der Waals surface area contributed by atoms with Crippen LogP contribution in [0, 0.1) is 0 Å². The van der Waals surface area contributed by atoms with Gasteiger partial charge in [0.1, 0.15) is 0 Å². The summed E-state index contributed by atoms with van der Waals surface area (Å²) in [4.78, 5) is 11.2. The van der Waals surface area contributed by atoms with Crippen molar-refractivity contribution in [3.63, 3.8) is 0 Å². The highest BCUT2D eigenvalue weighted by Gasteiger charge is 1.92. The Labute approximate surface area is 128 Å². The molecule has 4 nitrogen and oxygen atoms in total. The van der Waals surface area contributed by atoms with E-state index in [1.165, 1.54) is 10.9 Å². The first-order valence-corrected chi connectivity index (χ1v) is 7.03. The maximum atomic E-state index is 4.05. The van der Waals surface area contributed by atoms with Crippen LogP contribution in [0.3, 0.4) is 0 Å². The Hall–Kier alpha value is -3.14. The van der Waals surface area contributed by atoms with Gasteiger partial charge in [0, 0.05) is 29.8 Å². The van der Waals surface area contributed by atoms with Gasteiger partial charge in [-0.2, -0.15) is 0 Å². The zero-order valence-electron chi connectivity index (χ0n) is 12.0. The van der Waals surface area contributed by atoms with Crippen molar-refractivity contribution < 1.29 is 0 Å². The second kappa shape index (κ2) is 7.04. The van der Waals surface area contributed by atoms with E-state index in [9.17, 15) is 0 Å². The van der Waals surface area contributed by atoms with Crippen LogP contribution in [0.5, 0.6) is 0 Å². The topological polar surface area (TPSA) is 53.6 Å². The maximum Gasteiger partial charge on any atom is 0.227 e. The largest absolute Gasteiger partial charge is 0.361 e. The van der Waals surface area contributed by atoms with E-state index in [4.69, 9.17) is 0 Å². The number of para-hydroxylation sites is 2. The van der Waals surface area contributed by atoms with Gasteiger partial charge in [-0.1, -0.05) is 36.4 Å². The molecular formula is C18H16N4. The van der Waals surface area contributed by atoms with Crippen molar-refractivity contribution in [3.05, 3.63) is 85.3 Å². The molecule has 0 aliphatic heterocycles. The molecule has 0 amide bonds. The Bertz CT molecular complexity index is 742. The zero-order valence-corrected chi connectivity index (χ0v) is 12.0. The molecule has 4 heteroatoms. The molecule has 0 spiro atoms. The summed E-state index contributed by atoms with van der Waals surface area (Å²) in [5.74, 6) is 0.619. The number of aromatic amines is 1. The highest BCUT2D eigenvalue weighted by molar-refractivity contribution is 5.78. The number of hydrogen-bond acceptors (Lipinski definition) is 3. The minimum atomic E-state index is 0.619. The summed E-state index contributed by atoms with van der Waals surface area (Å²) in [5.41, 5.74) is 2.20. The van der Waals surface area contributed by atoms with Gasteiger partial charge < -0.3 is 10.3 Å². The van der Waals surface area contributed by atoms with Crippen molar-refractivity contribution >= 4 is 22.5 Å². The maximum absolute atomic E-state index is 4.05. The second-order valence-corrected chi connectivity index (χ2v) is 4.63. The van der Waals surface area contributed by atoms with E-state index in [0.717, 1.165) is 5.69 Å². The van der Waals surface area contributed by atoms with Gasteiger partial charge in [-0.3, -0.25) is 0 Å². The predicted octanol–water partition coefficient (Wildman–Crippen LogP) is 4.39. The number of nitrogens with zero attached hydrogens (tertiary/aromatic N) is 2. The molecule has 2 heterocycles. The Morgan fingerprint density at radius 3 is 2.23 bits per heavy atom. The van der Waals surface area contributed by atoms with Gasteiger partial charge in [0.05, 0.1) is 0 Å². The quantitative estimate of drug-likeness (QED) is 0.575. The standard InChI is InChI=1S/C10H9N3.C8H7N/c1-2-5-9(6-3-1)13-10-11-7-4-8-12-10;1-2-4-8-7(3-1)5-6-9-8/h1-8H,(H,11,12,13);1-6,9H. The highest BCUT2D eigenvalue weighted by Crippen LogP contribution is 2.10. The van der Waals surface area contributed by atoms with Crippen LogP contribution in [0.1, 0.15) is 0 Å². The summed E-state index contributed by atoms with van der Waals surface area (Å²) in [6.07, 6.45) is 5.36. The summed E-state index contributed by atoms with van der Waals surface area (Å²) in [6, 6.07) is 21.9.